The maximum atomic E-state index is 12.6. The first-order valence-electron chi connectivity index (χ1n) is 9.90. The zero-order valence-electron chi connectivity index (χ0n) is 17.8. The van der Waals surface area contributed by atoms with Crippen LogP contribution in [0.3, 0.4) is 0 Å². The zero-order valence-corrected chi connectivity index (χ0v) is 19.4. The summed E-state index contributed by atoms with van der Waals surface area (Å²) in [5.41, 5.74) is 1.31. The molecule has 9 nitrogen and oxygen atoms in total. The molecule has 0 unspecified atom stereocenters. The lowest BCUT2D eigenvalue weighted by atomic mass is 10.2. The molecule has 2 aromatic carbocycles. The Labute approximate surface area is 193 Å². The summed E-state index contributed by atoms with van der Waals surface area (Å²) in [5.74, 6) is 0.205. The summed E-state index contributed by atoms with van der Waals surface area (Å²) < 4.78 is 41.6. The third-order valence-electron chi connectivity index (χ3n) is 4.70. The first-order chi connectivity index (χ1) is 15.7. The molecule has 0 radical (unpaired) electrons. The van der Waals surface area contributed by atoms with Gasteiger partial charge in [0, 0.05) is 12.3 Å². The van der Waals surface area contributed by atoms with Gasteiger partial charge in [0.25, 0.3) is 5.91 Å². The Balaban J connectivity index is 1.70. The molecule has 33 heavy (non-hydrogen) atoms. The van der Waals surface area contributed by atoms with Crippen molar-refractivity contribution in [1.82, 2.24) is 4.57 Å². The van der Waals surface area contributed by atoms with E-state index in [1.807, 2.05) is 0 Å². The summed E-state index contributed by atoms with van der Waals surface area (Å²) in [6.45, 7) is 1.90. The van der Waals surface area contributed by atoms with Crippen LogP contribution in [0.25, 0.3) is 16.3 Å². The van der Waals surface area contributed by atoms with Gasteiger partial charge in [0.2, 0.25) is 6.79 Å². The fourth-order valence-corrected chi connectivity index (χ4v) is 4.97. The van der Waals surface area contributed by atoms with Gasteiger partial charge < -0.3 is 18.8 Å². The van der Waals surface area contributed by atoms with Gasteiger partial charge in [-0.1, -0.05) is 17.4 Å². The Kier molecular flexibility index (Phi) is 6.34. The minimum atomic E-state index is -3.42. The predicted molar refractivity (Wildman–Crippen MR) is 122 cm³/mol. The Morgan fingerprint density at radius 2 is 1.97 bits per heavy atom. The number of carbonyl (C=O) groups excluding carboxylic acids is 2. The van der Waals surface area contributed by atoms with E-state index in [4.69, 9.17) is 14.2 Å². The van der Waals surface area contributed by atoms with Gasteiger partial charge in [-0.15, -0.1) is 0 Å². The first-order valence-corrected chi connectivity index (χ1v) is 12.6. The van der Waals surface area contributed by atoms with Crippen LogP contribution in [0.5, 0.6) is 11.5 Å². The van der Waals surface area contributed by atoms with Crippen LogP contribution < -0.4 is 14.3 Å². The van der Waals surface area contributed by atoms with Gasteiger partial charge >= 0.3 is 5.97 Å². The van der Waals surface area contributed by atoms with E-state index in [2.05, 4.69) is 4.99 Å². The highest BCUT2D eigenvalue weighted by molar-refractivity contribution is 7.90. The number of rotatable bonds is 6. The lowest BCUT2D eigenvalue weighted by molar-refractivity contribution is -0.143. The normalized spacial score (nSPS) is 13.7. The molecular formula is C22H20N2O7S2. The Bertz CT molecular complexity index is 1450. The third-order valence-corrected chi connectivity index (χ3v) is 6.85. The molecule has 1 amide bonds. The lowest BCUT2D eigenvalue weighted by Crippen LogP contribution is -2.22. The molecule has 0 N–H and O–H groups in total. The SMILES string of the molecule is CCOC(=O)Cn1c(=NC(=O)C=Cc2ccc3c(c2)OCO3)sc2cc(S(C)(=O)=O)ccc21. The maximum absolute atomic E-state index is 12.6. The Morgan fingerprint density at radius 1 is 1.18 bits per heavy atom. The number of benzene rings is 2. The number of carbonyl (C=O) groups is 2. The smallest absolute Gasteiger partial charge is 0.326 e. The summed E-state index contributed by atoms with van der Waals surface area (Å²) in [6, 6.07) is 9.83. The summed E-state index contributed by atoms with van der Waals surface area (Å²) in [6.07, 6.45) is 4.02. The van der Waals surface area contributed by atoms with Crippen LogP contribution in [0.1, 0.15) is 12.5 Å². The molecule has 0 spiro atoms. The number of amides is 1. The number of esters is 1. The van der Waals surface area contributed by atoms with Gasteiger partial charge in [-0.3, -0.25) is 9.59 Å². The van der Waals surface area contributed by atoms with Crippen LogP contribution in [0.4, 0.5) is 0 Å². The summed E-state index contributed by atoms with van der Waals surface area (Å²) in [4.78, 5) is 29.2. The number of sulfone groups is 1. The molecule has 0 fully saturated rings. The minimum absolute atomic E-state index is 0.139. The van der Waals surface area contributed by atoms with Crippen molar-refractivity contribution in [3.63, 3.8) is 0 Å². The number of thiazole rings is 1. The second-order valence-corrected chi connectivity index (χ2v) is 10.1. The van der Waals surface area contributed by atoms with Crippen LogP contribution in [0, 0.1) is 0 Å². The number of ether oxygens (including phenoxy) is 3. The van der Waals surface area contributed by atoms with Gasteiger partial charge in [0.15, 0.2) is 26.1 Å². The van der Waals surface area contributed by atoms with Crippen molar-refractivity contribution in [3.8, 4) is 11.5 Å². The van der Waals surface area contributed by atoms with Crippen molar-refractivity contribution >= 4 is 49.3 Å². The molecule has 0 aliphatic carbocycles. The van der Waals surface area contributed by atoms with Crippen molar-refractivity contribution in [2.45, 2.75) is 18.4 Å². The maximum Gasteiger partial charge on any atom is 0.326 e. The van der Waals surface area contributed by atoms with E-state index in [0.717, 1.165) is 23.2 Å². The fourth-order valence-electron chi connectivity index (χ4n) is 3.17. The van der Waals surface area contributed by atoms with Crippen LogP contribution in [0.2, 0.25) is 0 Å². The molecule has 0 saturated heterocycles. The molecule has 1 aliphatic heterocycles. The fraction of sp³-hybridized carbons (Fsp3) is 0.227. The molecule has 1 aromatic heterocycles. The molecule has 3 aromatic rings. The Morgan fingerprint density at radius 3 is 2.73 bits per heavy atom. The van der Waals surface area contributed by atoms with E-state index in [-0.39, 0.29) is 29.6 Å². The molecule has 4 rings (SSSR count). The van der Waals surface area contributed by atoms with E-state index in [0.29, 0.717) is 21.7 Å². The molecule has 11 heteroatoms. The molecule has 0 bridgehead atoms. The average molecular weight is 489 g/mol. The predicted octanol–water partition coefficient (Wildman–Crippen LogP) is 2.54. The Hall–Kier alpha value is -3.44. The van der Waals surface area contributed by atoms with Crippen LogP contribution in [-0.4, -0.2) is 44.5 Å². The number of nitrogens with zero attached hydrogens (tertiary/aromatic N) is 2. The molecular weight excluding hydrogens is 468 g/mol. The van der Waals surface area contributed by atoms with Crippen molar-refractivity contribution < 1.29 is 32.2 Å². The van der Waals surface area contributed by atoms with E-state index in [1.54, 1.807) is 37.3 Å². The first kappa shape index (κ1) is 22.7. The van der Waals surface area contributed by atoms with Crippen LogP contribution >= 0.6 is 11.3 Å². The molecule has 2 heterocycles. The van der Waals surface area contributed by atoms with Crippen LogP contribution in [-0.2, 0) is 30.7 Å². The molecule has 0 atom stereocenters. The van der Waals surface area contributed by atoms with Crippen molar-refractivity contribution in [2.75, 3.05) is 19.7 Å². The number of fused-ring (bicyclic) bond motifs is 2. The van der Waals surface area contributed by atoms with E-state index >= 15 is 0 Å². The van der Waals surface area contributed by atoms with Crippen molar-refractivity contribution in [3.05, 3.63) is 52.8 Å². The highest BCUT2D eigenvalue weighted by Gasteiger charge is 2.15. The topological polar surface area (TPSA) is 113 Å². The molecule has 172 valence electrons. The third kappa shape index (κ3) is 5.15. The monoisotopic (exact) mass is 488 g/mol. The minimum Gasteiger partial charge on any atom is -0.465 e. The van der Waals surface area contributed by atoms with Gasteiger partial charge in [-0.25, -0.2) is 8.42 Å². The zero-order chi connectivity index (χ0) is 23.6. The molecule has 0 saturated carbocycles. The largest absolute Gasteiger partial charge is 0.465 e. The van der Waals surface area contributed by atoms with Crippen molar-refractivity contribution in [2.24, 2.45) is 4.99 Å². The molecule has 1 aliphatic rings. The summed E-state index contributed by atoms with van der Waals surface area (Å²) >= 11 is 1.11. The highest BCUT2D eigenvalue weighted by Crippen LogP contribution is 2.32. The van der Waals surface area contributed by atoms with Gasteiger partial charge in [-0.05, 0) is 48.9 Å². The number of hydrogen-bond donors (Lipinski definition) is 0. The second kappa shape index (κ2) is 9.20. The van der Waals surface area contributed by atoms with Crippen molar-refractivity contribution in [1.29, 1.82) is 0 Å². The van der Waals surface area contributed by atoms with E-state index in [9.17, 15) is 18.0 Å². The lowest BCUT2D eigenvalue weighted by Gasteiger charge is -2.05. The summed E-state index contributed by atoms with van der Waals surface area (Å²) in [5, 5.41) is 0. The number of aromatic nitrogens is 1. The van der Waals surface area contributed by atoms with Crippen LogP contribution in [0.15, 0.2) is 52.4 Å². The van der Waals surface area contributed by atoms with Gasteiger partial charge in [0.05, 0.1) is 21.7 Å². The van der Waals surface area contributed by atoms with Gasteiger partial charge in [0.1, 0.15) is 6.54 Å². The second-order valence-electron chi connectivity index (χ2n) is 7.07. The number of hydrogen-bond acceptors (Lipinski definition) is 8. The van der Waals surface area contributed by atoms with E-state index < -0.39 is 21.7 Å². The van der Waals surface area contributed by atoms with E-state index in [1.165, 1.54) is 22.8 Å². The van der Waals surface area contributed by atoms with Gasteiger partial charge in [-0.2, -0.15) is 4.99 Å². The highest BCUT2D eigenvalue weighted by atomic mass is 32.2. The average Bonchev–Trinajstić information content (AvgIpc) is 3.35. The quantitative estimate of drug-likeness (QED) is 0.387. The summed E-state index contributed by atoms with van der Waals surface area (Å²) in [7, 11) is -3.42. The standard InChI is InChI=1S/C22H20N2O7S2/c1-3-29-21(26)12-24-16-7-6-15(33(2,27)28)11-19(16)32-22(24)23-20(25)9-5-14-4-8-17-18(10-14)31-13-30-17/h4-11H,3,12-13H2,1-2H3.